The summed E-state index contributed by atoms with van der Waals surface area (Å²) in [5.74, 6) is 0. The third kappa shape index (κ3) is 1.87. The first kappa shape index (κ1) is 10.5. The van der Waals surface area contributed by atoms with E-state index in [0.717, 1.165) is 5.54 Å². The molecular formula is C11H15ClSi. The Hall–Kier alpha value is -0.533. The summed E-state index contributed by atoms with van der Waals surface area (Å²) in [6.07, 6.45) is 4.65. The van der Waals surface area contributed by atoms with E-state index in [-0.39, 0.29) is 12.4 Å². The van der Waals surface area contributed by atoms with Gasteiger partial charge in [-0.25, -0.2) is 0 Å². The van der Waals surface area contributed by atoms with Gasteiger partial charge in [0.05, 0.1) is 0 Å². The van der Waals surface area contributed by atoms with Crippen molar-refractivity contribution in [3.63, 3.8) is 0 Å². The molecule has 1 aliphatic carbocycles. The summed E-state index contributed by atoms with van der Waals surface area (Å²) in [7, 11) is -0.547. The topological polar surface area (TPSA) is 0 Å². The maximum Gasteiger partial charge on any atom is 0.0436 e. The molecule has 1 unspecified atom stereocenters. The fourth-order valence-corrected chi connectivity index (χ4v) is 3.44. The molecule has 0 saturated heterocycles. The molecule has 1 aromatic carbocycles. The summed E-state index contributed by atoms with van der Waals surface area (Å²) in [6, 6.07) is 8.75. The van der Waals surface area contributed by atoms with E-state index in [1.165, 1.54) is 5.56 Å². The van der Waals surface area contributed by atoms with Crippen LogP contribution in [0.1, 0.15) is 16.7 Å². The Morgan fingerprint density at radius 3 is 2.54 bits per heavy atom. The van der Waals surface area contributed by atoms with Crippen LogP contribution in [-0.4, -0.2) is 8.80 Å². The fraction of sp³-hybridized carbons (Fsp3) is 0.273. The van der Waals surface area contributed by atoms with Gasteiger partial charge in [0.15, 0.2) is 0 Å². The maximum atomic E-state index is 2.41. The van der Waals surface area contributed by atoms with Crippen molar-refractivity contribution >= 4 is 27.3 Å². The third-order valence-electron chi connectivity index (χ3n) is 2.56. The quantitative estimate of drug-likeness (QED) is 0.625. The minimum atomic E-state index is -0.547. The molecule has 1 aliphatic rings. The van der Waals surface area contributed by atoms with E-state index in [1.54, 1.807) is 5.56 Å². The number of fused-ring (bicyclic) bond motifs is 1. The average molecular weight is 211 g/mol. The van der Waals surface area contributed by atoms with Crippen LogP contribution in [-0.2, 0) is 0 Å². The standard InChI is InChI=1S/C11H14Si.ClH/c1-12(2)11-8-7-9-5-3-4-6-10(9)11;/h3-8,11-12H,1-2H3;1H. The molecule has 2 rings (SSSR count). The van der Waals surface area contributed by atoms with Gasteiger partial charge in [0, 0.05) is 8.80 Å². The van der Waals surface area contributed by atoms with Gasteiger partial charge in [-0.05, 0) is 16.7 Å². The van der Waals surface area contributed by atoms with Crippen molar-refractivity contribution in [2.75, 3.05) is 0 Å². The van der Waals surface area contributed by atoms with Crippen LogP contribution in [0.5, 0.6) is 0 Å². The highest BCUT2D eigenvalue weighted by molar-refractivity contribution is 6.58. The molecule has 1 atom stereocenters. The van der Waals surface area contributed by atoms with Crippen LogP contribution in [0.4, 0.5) is 0 Å². The fourth-order valence-electron chi connectivity index (χ4n) is 1.86. The van der Waals surface area contributed by atoms with Crippen molar-refractivity contribution in [2.24, 2.45) is 0 Å². The molecule has 0 saturated carbocycles. The number of hydrogen-bond acceptors (Lipinski definition) is 0. The van der Waals surface area contributed by atoms with Crippen molar-refractivity contribution in [3.8, 4) is 0 Å². The Labute approximate surface area is 87.7 Å². The highest BCUT2D eigenvalue weighted by Gasteiger charge is 2.19. The predicted octanol–water partition coefficient (Wildman–Crippen LogP) is 3.24. The summed E-state index contributed by atoms with van der Waals surface area (Å²) in [5, 5.41) is 0. The molecule has 1 aromatic rings. The van der Waals surface area contributed by atoms with Gasteiger partial charge in [-0.1, -0.05) is 49.5 Å². The summed E-state index contributed by atoms with van der Waals surface area (Å²) >= 11 is 0. The van der Waals surface area contributed by atoms with Crippen molar-refractivity contribution < 1.29 is 0 Å². The summed E-state index contributed by atoms with van der Waals surface area (Å²) in [5.41, 5.74) is 3.77. The molecular weight excluding hydrogens is 196 g/mol. The SMILES string of the molecule is C[SiH](C)C1C=Cc2ccccc21.Cl. The van der Waals surface area contributed by atoms with Crippen LogP contribution in [0, 0.1) is 0 Å². The van der Waals surface area contributed by atoms with Gasteiger partial charge in [-0.15, -0.1) is 12.4 Å². The van der Waals surface area contributed by atoms with Crippen molar-refractivity contribution in [1.29, 1.82) is 0 Å². The van der Waals surface area contributed by atoms with E-state index in [2.05, 4.69) is 49.5 Å². The molecule has 0 heterocycles. The van der Waals surface area contributed by atoms with Crippen molar-refractivity contribution in [1.82, 2.24) is 0 Å². The van der Waals surface area contributed by atoms with Crippen LogP contribution in [0.25, 0.3) is 6.08 Å². The molecule has 0 bridgehead atoms. The van der Waals surface area contributed by atoms with Crippen LogP contribution in [0.2, 0.25) is 13.1 Å². The van der Waals surface area contributed by atoms with Crippen molar-refractivity contribution in [3.05, 3.63) is 41.5 Å². The minimum Gasteiger partial charge on any atom is -0.147 e. The second kappa shape index (κ2) is 4.12. The first-order valence-corrected chi connectivity index (χ1v) is 7.54. The van der Waals surface area contributed by atoms with Crippen molar-refractivity contribution in [2.45, 2.75) is 18.6 Å². The van der Waals surface area contributed by atoms with Crippen LogP contribution in [0.3, 0.4) is 0 Å². The largest absolute Gasteiger partial charge is 0.147 e. The average Bonchev–Trinajstić information content (AvgIpc) is 2.47. The maximum absolute atomic E-state index is 2.41. The Balaban J connectivity index is 0.000000845. The molecule has 0 spiro atoms. The lowest BCUT2D eigenvalue weighted by molar-refractivity contribution is 1.20. The van der Waals surface area contributed by atoms with Gasteiger partial charge in [0.1, 0.15) is 0 Å². The van der Waals surface area contributed by atoms with Gasteiger partial charge in [0.2, 0.25) is 0 Å². The summed E-state index contributed by atoms with van der Waals surface area (Å²) < 4.78 is 0. The Morgan fingerprint density at radius 1 is 1.15 bits per heavy atom. The zero-order valence-electron chi connectivity index (χ0n) is 8.03. The highest BCUT2D eigenvalue weighted by Crippen LogP contribution is 2.31. The number of hydrogen-bond donors (Lipinski definition) is 0. The normalized spacial score (nSPS) is 18.5. The van der Waals surface area contributed by atoms with Gasteiger partial charge in [0.25, 0.3) is 0 Å². The number of benzene rings is 1. The molecule has 0 aromatic heterocycles. The molecule has 0 N–H and O–H groups in total. The lowest BCUT2D eigenvalue weighted by atomic mass is 10.1. The first-order valence-electron chi connectivity index (χ1n) is 4.56. The van der Waals surface area contributed by atoms with Crippen LogP contribution < -0.4 is 0 Å². The molecule has 2 heteroatoms. The predicted molar refractivity (Wildman–Crippen MR) is 64.3 cm³/mol. The lowest BCUT2D eigenvalue weighted by Gasteiger charge is -2.12. The highest BCUT2D eigenvalue weighted by atomic mass is 35.5. The minimum absolute atomic E-state index is 0. The zero-order valence-corrected chi connectivity index (χ0v) is 10.00. The van der Waals surface area contributed by atoms with Gasteiger partial charge in [-0.3, -0.25) is 0 Å². The lowest BCUT2D eigenvalue weighted by Crippen LogP contribution is -2.11. The summed E-state index contributed by atoms with van der Waals surface area (Å²) in [6.45, 7) is 4.83. The molecule has 0 aliphatic heterocycles. The van der Waals surface area contributed by atoms with E-state index in [9.17, 15) is 0 Å². The van der Waals surface area contributed by atoms with E-state index >= 15 is 0 Å². The zero-order chi connectivity index (χ0) is 8.55. The van der Waals surface area contributed by atoms with Gasteiger partial charge < -0.3 is 0 Å². The van der Waals surface area contributed by atoms with Crippen LogP contribution in [0.15, 0.2) is 30.3 Å². The van der Waals surface area contributed by atoms with Gasteiger partial charge >= 0.3 is 0 Å². The molecule has 0 amide bonds. The molecule has 13 heavy (non-hydrogen) atoms. The Kier molecular flexibility index (Phi) is 3.34. The third-order valence-corrected chi connectivity index (χ3v) is 4.57. The Morgan fingerprint density at radius 2 is 1.85 bits per heavy atom. The van der Waals surface area contributed by atoms with E-state index < -0.39 is 8.80 Å². The van der Waals surface area contributed by atoms with Gasteiger partial charge in [-0.2, -0.15) is 0 Å². The molecule has 0 radical (unpaired) electrons. The van der Waals surface area contributed by atoms with E-state index in [1.807, 2.05) is 0 Å². The number of halogens is 1. The number of allylic oxidation sites excluding steroid dienone is 1. The van der Waals surface area contributed by atoms with Crippen LogP contribution >= 0.6 is 12.4 Å². The molecule has 0 fully saturated rings. The van der Waals surface area contributed by atoms with E-state index in [0.29, 0.717) is 0 Å². The smallest absolute Gasteiger partial charge is 0.0436 e. The molecule has 0 nitrogen and oxygen atoms in total. The second-order valence-electron chi connectivity index (χ2n) is 3.76. The number of rotatable bonds is 1. The monoisotopic (exact) mass is 210 g/mol. The van der Waals surface area contributed by atoms with E-state index in [4.69, 9.17) is 0 Å². The second-order valence-corrected chi connectivity index (χ2v) is 6.96. The Bertz CT molecular complexity index is 318. The summed E-state index contributed by atoms with van der Waals surface area (Å²) in [4.78, 5) is 0. The molecule has 70 valence electrons. The first-order chi connectivity index (χ1) is 5.79.